The molecule has 3 heterocycles. The molecule has 0 amide bonds. The zero-order chi connectivity index (χ0) is 21.0. The molecule has 0 bridgehead atoms. The summed E-state index contributed by atoms with van der Waals surface area (Å²) in [6.45, 7) is 3.62. The number of sulfonamides is 1. The van der Waals surface area contributed by atoms with E-state index >= 15 is 0 Å². The SMILES string of the molecule is Cc1sc(C)c(S(=O)(=O)N2CCCc3ccccc32)c1-c1cc(C(F)(F)F)on1. The molecule has 0 unspecified atom stereocenters. The summed E-state index contributed by atoms with van der Waals surface area (Å²) in [5, 5.41) is 3.52. The Morgan fingerprint density at radius 2 is 1.90 bits per heavy atom. The predicted octanol–water partition coefficient (Wildman–Crippen LogP) is 5.18. The Labute approximate surface area is 169 Å². The quantitative estimate of drug-likeness (QED) is 0.561. The second-order valence-corrected chi connectivity index (χ2v) is 10.0. The molecule has 0 saturated carbocycles. The number of anilines is 1. The maximum atomic E-state index is 13.6. The van der Waals surface area contributed by atoms with E-state index in [1.165, 1.54) is 15.6 Å². The molecule has 0 aliphatic carbocycles. The summed E-state index contributed by atoms with van der Waals surface area (Å²) in [6, 6.07) is 8.01. The van der Waals surface area contributed by atoms with Gasteiger partial charge in [-0.2, -0.15) is 13.2 Å². The Morgan fingerprint density at radius 3 is 2.59 bits per heavy atom. The van der Waals surface area contributed by atoms with Crippen molar-refractivity contribution < 1.29 is 26.1 Å². The summed E-state index contributed by atoms with van der Waals surface area (Å²) >= 11 is 1.21. The number of thiophene rings is 1. The molecule has 4 rings (SSSR count). The van der Waals surface area contributed by atoms with E-state index in [4.69, 9.17) is 0 Å². The number of hydrogen-bond donors (Lipinski definition) is 0. The van der Waals surface area contributed by atoms with Crippen LogP contribution in [0.3, 0.4) is 0 Å². The normalized spacial score (nSPS) is 14.9. The Hall–Kier alpha value is -2.33. The van der Waals surface area contributed by atoms with Crippen LogP contribution in [0.4, 0.5) is 18.9 Å². The van der Waals surface area contributed by atoms with Gasteiger partial charge in [-0.15, -0.1) is 11.3 Å². The van der Waals surface area contributed by atoms with Crippen LogP contribution in [-0.4, -0.2) is 20.1 Å². The Bertz CT molecular complexity index is 1180. The Balaban J connectivity index is 1.88. The number of hydrogen-bond acceptors (Lipinski definition) is 5. The molecule has 0 saturated heterocycles. The number of aromatic nitrogens is 1. The number of nitrogens with zero attached hydrogens (tertiary/aromatic N) is 2. The van der Waals surface area contributed by atoms with Gasteiger partial charge < -0.3 is 4.52 Å². The topological polar surface area (TPSA) is 63.4 Å². The maximum Gasteiger partial charge on any atom is 0.452 e. The fourth-order valence-electron chi connectivity index (χ4n) is 3.66. The van der Waals surface area contributed by atoms with E-state index in [0.29, 0.717) is 28.4 Å². The summed E-state index contributed by atoms with van der Waals surface area (Å²) in [7, 11) is -4.01. The van der Waals surface area contributed by atoms with E-state index in [0.717, 1.165) is 18.1 Å². The summed E-state index contributed by atoms with van der Waals surface area (Å²) in [5.74, 6) is -1.26. The van der Waals surface area contributed by atoms with Crippen LogP contribution in [0.1, 0.15) is 27.5 Å². The molecule has 3 aromatic rings. The molecule has 1 aliphatic heterocycles. The monoisotopic (exact) mass is 442 g/mol. The third-order valence-electron chi connectivity index (χ3n) is 4.87. The molecule has 2 aromatic heterocycles. The van der Waals surface area contributed by atoms with Crippen molar-refractivity contribution >= 4 is 27.0 Å². The van der Waals surface area contributed by atoms with Gasteiger partial charge in [-0.25, -0.2) is 8.42 Å². The molecule has 0 atom stereocenters. The molecule has 0 N–H and O–H groups in total. The zero-order valence-electron chi connectivity index (χ0n) is 15.6. The molecule has 0 spiro atoms. The van der Waals surface area contributed by atoms with Crippen molar-refractivity contribution in [1.82, 2.24) is 5.16 Å². The van der Waals surface area contributed by atoms with Gasteiger partial charge in [0.2, 0.25) is 5.76 Å². The average molecular weight is 442 g/mol. The summed E-state index contributed by atoms with van der Waals surface area (Å²) < 4.78 is 71.9. The number of para-hydroxylation sites is 1. The molecule has 154 valence electrons. The number of aryl methyl sites for hydroxylation is 3. The fourth-order valence-corrected chi connectivity index (χ4v) is 7.03. The number of benzene rings is 1. The highest BCUT2D eigenvalue weighted by atomic mass is 32.2. The first-order valence-electron chi connectivity index (χ1n) is 8.85. The van der Waals surface area contributed by atoms with E-state index in [2.05, 4.69) is 9.68 Å². The van der Waals surface area contributed by atoms with Gasteiger partial charge in [0.25, 0.3) is 10.0 Å². The second kappa shape index (κ2) is 6.88. The van der Waals surface area contributed by atoms with Crippen molar-refractivity contribution in [1.29, 1.82) is 0 Å². The van der Waals surface area contributed by atoms with E-state index < -0.39 is 22.0 Å². The molecular weight excluding hydrogens is 425 g/mol. The summed E-state index contributed by atoms with van der Waals surface area (Å²) in [4.78, 5) is 1.05. The van der Waals surface area contributed by atoms with Crippen molar-refractivity contribution in [2.75, 3.05) is 10.8 Å². The van der Waals surface area contributed by atoms with E-state index in [1.807, 2.05) is 12.1 Å². The van der Waals surface area contributed by atoms with Gasteiger partial charge in [0.15, 0.2) is 0 Å². The first-order valence-corrected chi connectivity index (χ1v) is 11.1. The first-order chi connectivity index (χ1) is 13.6. The second-order valence-electron chi connectivity index (χ2n) is 6.80. The minimum Gasteiger partial charge on any atom is -0.351 e. The molecule has 5 nitrogen and oxygen atoms in total. The highest BCUT2D eigenvalue weighted by Gasteiger charge is 2.39. The molecule has 10 heteroatoms. The molecule has 0 radical (unpaired) electrons. The van der Waals surface area contributed by atoms with Crippen LogP contribution in [0, 0.1) is 13.8 Å². The summed E-state index contributed by atoms with van der Waals surface area (Å²) in [6.07, 6.45) is -3.26. The smallest absolute Gasteiger partial charge is 0.351 e. The van der Waals surface area contributed by atoms with Gasteiger partial charge in [0.1, 0.15) is 10.6 Å². The van der Waals surface area contributed by atoms with Crippen LogP contribution in [0.25, 0.3) is 11.3 Å². The molecule has 1 aliphatic rings. The number of fused-ring (bicyclic) bond motifs is 1. The van der Waals surface area contributed by atoms with Crippen LogP contribution < -0.4 is 4.31 Å². The number of alkyl halides is 3. The van der Waals surface area contributed by atoms with Crippen molar-refractivity contribution in [3.8, 4) is 11.3 Å². The zero-order valence-corrected chi connectivity index (χ0v) is 17.2. The highest BCUT2D eigenvalue weighted by Crippen LogP contribution is 2.43. The van der Waals surface area contributed by atoms with Crippen molar-refractivity contribution in [2.45, 2.75) is 37.8 Å². The lowest BCUT2D eigenvalue weighted by Crippen LogP contribution is -2.35. The van der Waals surface area contributed by atoms with Gasteiger partial charge in [-0.3, -0.25) is 4.31 Å². The number of halogens is 3. The minimum atomic E-state index is -4.70. The average Bonchev–Trinajstić information content (AvgIpc) is 3.25. The lowest BCUT2D eigenvalue weighted by molar-refractivity contribution is -0.155. The van der Waals surface area contributed by atoms with E-state index in [1.54, 1.807) is 26.0 Å². The van der Waals surface area contributed by atoms with Gasteiger partial charge in [-0.1, -0.05) is 23.4 Å². The van der Waals surface area contributed by atoms with E-state index in [-0.39, 0.29) is 16.2 Å². The third-order valence-corrected chi connectivity index (χ3v) is 8.00. The first kappa shape index (κ1) is 20.0. The lowest BCUT2D eigenvalue weighted by atomic mass is 10.0. The largest absolute Gasteiger partial charge is 0.452 e. The Kier molecular flexibility index (Phi) is 4.73. The standard InChI is InChI=1S/C19H17F3N2O3S2/c1-11-17(14-10-16(27-23-14)19(20,21)22)18(12(2)28-11)29(25,26)24-9-5-7-13-6-3-4-8-15(13)24/h3-4,6,8,10H,5,7,9H2,1-2H3. The molecular formula is C19H17F3N2O3S2. The van der Waals surface area contributed by atoms with Gasteiger partial charge in [0.05, 0.1) is 5.69 Å². The summed E-state index contributed by atoms with van der Waals surface area (Å²) in [5.41, 5.74) is 1.55. The van der Waals surface area contributed by atoms with Crippen LogP contribution in [0.5, 0.6) is 0 Å². The lowest BCUT2D eigenvalue weighted by Gasteiger charge is -2.30. The highest BCUT2D eigenvalue weighted by molar-refractivity contribution is 7.93. The molecule has 1 aromatic carbocycles. The fraction of sp³-hybridized carbons (Fsp3) is 0.316. The predicted molar refractivity (Wildman–Crippen MR) is 104 cm³/mol. The number of rotatable bonds is 3. The molecule has 0 fully saturated rings. The third kappa shape index (κ3) is 3.33. The van der Waals surface area contributed by atoms with Gasteiger partial charge in [-0.05, 0) is 38.3 Å². The van der Waals surface area contributed by atoms with Crippen molar-refractivity contribution in [3.63, 3.8) is 0 Å². The van der Waals surface area contributed by atoms with Gasteiger partial charge >= 0.3 is 6.18 Å². The Morgan fingerprint density at radius 1 is 1.17 bits per heavy atom. The van der Waals surface area contributed by atoms with Crippen LogP contribution in [-0.2, 0) is 22.6 Å². The van der Waals surface area contributed by atoms with Gasteiger partial charge in [0, 0.05) is 27.9 Å². The van der Waals surface area contributed by atoms with Crippen LogP contribution in [0.2, 0.25) is 0 Å². The maximum absolute atomic E-state index is 13.6. The van der Waals surface area contributed by atoms with Crippen molar-refractivity contribution in [2.24, 2.45) is 0 Å². The molecule has 29 heavy (non-hydrogen) atoms. The minimum absolute atomic E-state index is 0.0151. The van der Waals surface area contributed by atoms with Crippen LogP contribution >= 0.6 is 11.3 Å². The van der Waals surface area contributed by atoms with E-state index in [9.17, 15) is 21.6 Å². The van der Waals surface area contributed by atoms with Crippen molar-refractivity contribution in [3.05, 3.63) is 51.4 Å². The van der Waals surface area contributed by atoms with Crippen LogP contribution in [0.15, 0.2) is 39.8 Å².